The minimum absolute atomic E-state index is 0.151. The van der Waals surface area contributed by atoms with Crippen LogP contribution in [-0.4, -0.2) is 17.2 Å². The van der Waals surface area contributed by atoms with Crippen molar-refractivity contribution in [2.75, 3.05) is 0 Å². The van der Waals surface area contributed by atoms with Crippen LogP contribution in [0.3, 0.4) is 0 Å². The molecule has 2 rings (SSSR count). The van der Waals surface area contributed by atoms with Crippen LogP contribution in [0.4, 0.5) is 18.0 Å². The second kappa shape index (κ2) is 7.18. The van der Waals surface area contributed by atoms with Gasteiger partial charge in [-0.05, 0) is 35.9 Å². The monoisotopic (exact) mass is 358 g/mol. The van der Waals surface area contributed by atoms with Crippen LogP contribution in [0.15, 0.2) is 41.6 Å². The highest BCUT2D eigenvalue weighted by molar-refractivity contribution is 6.31. The number of hydrazone groups is 1. The number of carbonyl (C=O) groups is 1. The Labute approximate surface area is 139 Å². The molecule has 0 atom stereocenters. The van der Waals surface area contributed by atoms with E-state index in [2.05, 4.69) is 10.1 Å². The summed E-state index contributed by atoms with van der Waals surface area (Å²) in [6.07, 6.45) is -2.55. The van der Waals surface area contributed by atoms with Gasteiger partial charge in [0, 0.05) is 6.20 Å². The lowest BCUT2D eigenvalue weighted by Crippen LogP contribution is -2.24. The number of nitrogens with two attached hydrogens (primary N) is 1. The summed E-state index contributed by atoms with van der Waals surface area (Å²) >= 11 is 5.75. The van der Waals surface area contributed by atoms with Crippen molar-refractivity contribution in [1.82, 2.24) is 10.4 Å². The van der Waals surface area contributed by atoms with Gasteiger partial charge in [0.05, 0.1) is 11.8 Å². The molecule has 0 saturated heterocycles. The molecule has 2 amide bonds. The molecule has 0 aliphatic heterocycles. The molecule has 0 spiro atoms. The van der Waals surface area contributed by atoms with E-state index in [0.29, 0.717) is 17.5 Å². The molecule has 0 unspecified atom stereocenters. The predicted octanol–water partition coefficient (Wildman–Crippen LogP) is 3.55. The molecule has 1 aromatic heterocycles. The molecular formula is C14H10ClF3N4O2. The Kier molecular flexibility index (Phi) is 5.24. The first-order valence-corrected chi connectivity index (χ1v) is 6.72. The molecule has 6 nitrogen and oxygen atoms in total. The number of benzene rings is 1. The summed E-state index contributed by atoms with van der Waals surface area (Å²) in [6, 6.07) is 6.19. The van der Waals surface area contributed by atoms with Gasteiger partial charge in [0.1, 0.15) is 10.8 Å². The number of nitrogens with one attached hydrogen (secondary N) is 1. The minimum atomic E-state index is -4.53. The van der Waals surface area contributed by atoms with E-state index in [9.17, 15) is 18.0 Å². The fourth-order valence-corrected chi connectivity index (χ4v) is 1.76. The third-order valence-electron chi connectivity index (χ3n) is 2.62. The number of urea groups is 1. The SMILES string of the molecule is NC(=O)N/N=C\c1ccc(Oc2ncc(C(F)(F)F)cc2Cl)cc1. The van der Waals surface area contributed by atoms with Crippen molar-refractivity contribution in [3.05, 3.63) is 52.7 Å². The molecule has 0 fully saturated rings. The van der Waals surface area contributed by atoms with Crippen molar-refractivity contribution in [2.45, 2.75) is 6.18 Å². The van der Waals surface area contributed by atoms with Gasteiger partial charge in [0.15, 0.2) is 0 Å². The third kappa shape index (κ3) is 4.85. The van der Waals surface area contributed by atoms with Crippen LogP contribution in [-0.2, 0) is 6.18 Å². The molecule has 0 aliphatic rings. The van der Waals surface area contributed by atoms with Crippen molar-refractivity contribution < 1.29 is 22.7 Å². The van der Waals surface area contributed by atoms with E-state index in [1.54, 1.807) is 12.1 Å². The van der Waals surface area contributed by atoms with E-state index in [1.807, 2.05) is 5.43 Å². The number of amides is 2. The number of nitrogens with zero attached hydrogens (tertiary/aromatic N) is 2. The number of hydrogen-bond donors (Lipinski definition) is 2. The van der Waals surface area contributed by atoms with Gasteiger partial charge in [-0.15, -0.1) is 0 Å². The van der Waals surface area contributed by atoms with Crippen LogP contribution < -0.4 is 15.9 Å². The maximum absolute atomic E-state index is 12.5. The highest BCUT2D eigenvalue weighted by Gasteiger charge is 2.31. The van der Waals surface area contributed by atoms with Crippen molar-refractivity contribution >= 4 is 23.8 Å². The van der Waals surface area contributed by atoms with E-state index in [1.165, 1.54) is 18.3 Å². The quantitative estimate of drug-likeness (QED) is 0.647. The fourth-order valence-electron chi connectivity index (χ4n) is 1.56. The lowest BCUT2D eigenvalue weighted by molar-refractivity contribution is -0.137. The van der Waals surface area contributed by atoms with Crippen molar-refractivity contribution in [3.8, 4) is 11.6 Å². The van der Waals surface area contributed by atoms with Gasteiger partial charge in [0.2, 0.25) is 5.88 Å². The summed E-state index contributed by atoms with van der Waals surface area (Å²) in [5.74, 6) is 0.158. The third-order valence-corrected chi connectivity index (χ3v) is 2.89. The van der Waals surface area contributed by atoms with Gasteiger partial charge in [-0.2, -0.15) is 18.3 Å². The molecule has 126 valence electrons. The zero-order chi connectivity index (χ0) is 17.7. The highest BCUT2D eigenvalue weighted by Crippen LogP contribution is 2.34. The van der Waals surface area contributed by atoms with Crippen LogP contribution in [0, 0.1) is 0 Å². The van der Waals surface area contributed by atoms with Gasteiger partial charge in [-0.25, -0.2) is 15.2 Å². The second-order valence-electron chi connectivity index (χ2n) is 4.41. The molecular weight excluding hydrogens is 349 g/mol. The Morgan fingerprint density at radius 3 is 2.54 bits per heavy atom. The lowest BCUT2D eigenvalue weighted by Gasteiger charge is -2.10. The lowest BCUT2D eigenvalue weighted by atomic mass is 10.2. The van der Waals surface area contributed by atoms with E-state index in [-0.39, 0.29) is 10.9 Å². The summed E-state index contributed by atoms with van der Waals surface area (Å²) in [5.41, 5.74) is 6.54. The van der Waals surface area contributed by atoms with E-state index in [4.69, 9.17) is 22.1 Å². The summed E-state index contributed by atoms with van der Waals surface area (Å²) in [6.45, 7) is 0. The summed E-state index contributed by atoms with van der Waals surface area (Å²) < 4.78 is 42.9. The zero-order valence-corrected chi connectivity index (χ0v) is 12.6. The summed E-state index contributed by atoms with van der Waals surface area (Å²) in [5, 5.41) is 3.31. The van der Waals surface area contributed by atoms with Crippen molar-refractivity contribution in [2.24, 2.45) is 10.8 Å². The van der Waals surface area contributed by atoms with Crippen LogP contribution in [0.2, 0.25) is 5.02 Å². The number of ether oxygens (including phenoxy) is 1. The largest absolute Gasteiger partial charge is 0.438 e. The van der Waals surface area contributed by atoms with Gasteiger partial charge < -0.3 is 10.5 Å². The smallest absolute Gasteiger partial charge is 0.417 e. The molecule has 0 saturated carbocycles. The van der Waals surface area contributed by atoms with E-state index >= 15 is 0 Å². The maximum atomic E-state index is 12.5. The average Bonchev–Trinajstić information content (AvgIpc) is 2.49. The number of pyridine rings is 1. The first-order valence-electron chi connectivity index (χ1n) is 6.35. The Bertz CT molecular complexity index is 764. The zero-order valence-electron chi connectivity index (χ0n) is 11.8. The Hall–Kier alpha value is -2.81. The number of primary amides is 1. The Morgan fingerprint density at radius 2 is 2.00 bits per heavy atom. The van der Waals surface area contributed by atoms with Gasteiger partial charge in [-0.3, -0.25) is 0 Å². The number of carbonyl (C=O) groups excluding carboxylic acids is 1. The minimum Gasteiger partial charge on any atom is -0.438 e. The van der Waals surface area contributed by atoms with Crippen LogP contribution in [0.5, 0.6) is 11.6 Å². The van der Waals surface area contributed by atoms with Crippen molar-refractivity contribution in [1.29, 1.82) is 0 Å². The number of aromatic nitrogens is 1. The number of halogens is 4. The predicted molar refractivity (Wildman–Crippen MR) is 81.1 cm³/mol. The molecule has 0 bridgehead atoms. The molecule has 0 radical (unpaired) electrons. The van der Waals surface area contributed by atoms with Crippen molar-refractivity contribution in [3.63, 3.8) is 0 Å². The van der Waals surface area contributed by atoms with Gasteiger partial charge >= 0.3 is 12.2 Å². The number of rotatable bonds is 4. The molecule has 24 heavy (non-hydrogen) atoms. The van der Waals surface area contributed by atoms with Crippen LogP contribution >= 0.6 is 11.6 Å². The molecule has 10 heteroatoms. The fraction of sp³-hybridized carbons (Fsp3) is 0.0714. The maximum Gasteiger partial charge on any atom is 0.417 e. The Morgan fingerprint density at radius 1 is 1.33 bits per heavy atom. The van der Waals surface area contributed by atoms with E-state index < -0.39 is 17.8 Å². The molecule has 3 N–H and O–H groups in total. The summed E-state index contributed by atoms with van der Waals surface area (Å²) in [7, 11) is 0. The Balaban J connectivity index is 2.09. The van der Waals surface area contributed by atoms with Gasteiger partial charge in [-0.1, -0.05) is 11.6 Å². The summed E-state index contributed by atoms with van der Waals surface area (Å²) in [4.78, 5) is 14.0. The first-order chi connectivity index (χ1) is 11.3. The number of alkyl halides is 3. The standard InChI is InChI=1S/C14H10ClF3N4O2/c15-11-5-9(14(16,17)18)7-20-12(11)24-10-3-1-8(2-4-10)6-21-22-13(19)23/h1-7H,(H3,19,22,23)/b21-6-. The normalized spacial score (nSPS) is 11.5. The molecule has 2 aromatic rings. The highest BCUT2D eigenvalue weighted by atomic mass is 35.5. The van der Waals surface area contributed by atoms with Crippen LogP contribution in [0.1, 0.15) is 11.1 Å². The number of hydrogen-bond acceptors (Lipinski definition) is 4. The first kappa shape index (κ1) is 17.5. The topological polar surface area (TPSA) is 89.6 Å². The molecule has 1 heterocycles. The average molecular weight is 359 g/mol. The molecule has 0 aliphatic carbocycles. The second-order valence-corrected chi connectivity index (χ2v) is 4.82. The molecule has 1 aromatic carbocycles. The van der Waals surface area contributed by atoms with E-state index in [0.717, 1.165) is 6.07 Å². The van der Waals surface area contributed by atoms with Crippen LogP contribution in [0.25, 0.3) is 0 Å². The van der Waals surface area contributed by atoms with Gasteiger partial charge in [0.25, 0.3) is 0 Å².